The second-order valence-corrected chi connectivity index (χ2v) is 7.28. The molecule has 6 nitrogen and oxygen atoms in total. The number of carboxylic acids is 1. The summed E-state index contributed by atoms with van der Waals surface area (Å²) in [5.74, 6) is -0.297. The lowest BCUT2D eigenvalue weighted by Crippen LogP contribution is -2.46. The van der Waals surface area contributed by atoms with Crippen LogP contribution < -0.4 is 9.47 Å². The van der Waals surface area contributed by atoms with Crippen molar-refractivity contribution in [2.45, 2.75) is 32.1 Å². The average molecular weight is 357 g/mol. The Bertz CT molecular complexity index is 815. The van der Waals surface area contributed by atoms with E-state index in [0.717, 1.165) is 29.7 Å². The SMILES string of the molecule is COc1cc2c(cc1OC)C1=C[C@]3(CCCC[C@H]3C(=O)O)C(=O)N1CC2. The highest BCUT2D eigenvalue weighted by atomic mass is 16.5. The second kappa shape index (κ2) is 6.04. The zero-order valence-corrected chi connectivity index (χ0v) is 15.1. The number of methoxy groups -OCH3 is 2. The highest BCUT2D eigenvalue weighted by molar-refractivity contribution is 6.02. The highest BCUT2D eigenvalue weighted by Crippen LogP contribution is 2.52. The monoisotopic (exact) mass is 357 g/mol. The molecule has 6 heteroatoms. The third kappa shape index (κ3) is 2.24. The van der Waals surface area contributed by atoms with Crippen LogP contribution in [0.25, 0.3) is 5.70 Å². The topological polar surface area (TPSA) is 76.1 Å². The van der Waals surface area contributed by atoms with Crippen LogP contribution in [0.1, 0.15) is 36.8 Å². The molecule has 0 unspecified atom stereocenters. The molecule has 138 valence electrons. The number of rotatable bonds is 3. The van der Waals surface area contributed by atoms with Crippen LogP contribution in [0.15, 0.2) is 18.2 Å². The van der Waals surface area contributed by atoms with Crippen LogP contribution in [0.2, 0.25) is 0 Å². The summed E-state index contributed by atoms with van der Waals surface area (Å²) in [6, 6.07) is 3.86. The second-order valence-electron chi connectivity index (χ2n) is 7.28. The molecule has 2 atom stereocenters. The first-order valence-corrected chi connectivity index (χ1v) is 9.04. The van der Waals surface area contributed by atoms with Crippen LogP contribution in [-0.4, -0.2) is 42.6 Å². The molecule has 0 saturated heterocycles. The van der Waals surface area contributed by atoms with Crippen molar-refractivity contribution in [1.82, 2.24) is 4.90 Å². The predicted octanol–water partition coefficient (Wildman–Crippen LogP) is 2.70. The number of amides is 1. The van der Waals surface area contributed by atoms with Crippen LogP contribution in [0, 0.1) is 11.3 Å². The molecule has 1 fully saturated rings. The van der Waals surface area contributed by atoms with E-state index in [2.05, 4.69) is 0 Å². The lowest BCUT2D eigenvalue weighted by molar-refractivity contribution is -0.154. The number of carbonyl (C=O) groups excluding carboxylic acids is 1. The van der Waals surface area contributed by atoms with E-state index in [1.54, 1.807) is 19.1 Å². The molecule has 1 spiro atoms. The number of fused-ring (bicyclic) bond motifs is 3. The first kappa shape index (κ1) is 16.9. The van der Waals surface area contributed by atoms with Gasteiger partial charge in [0.1, 0.15) is 0 Å². The summed E-state index contributed by atoms with van der Waals surface area (Å²) < 4.78 is 10.8. The molecular formula is C20H23NO5. The fourth-order valence-corrected chi connectivity index (χ4v) is 4.76. The summed E-state index contributed by atoms with van der Waals surface area (Å²) in [5, 5.41) is 9.72. The Morgan fingerprint density at radius 3 is 2.65 bits per heavy atom. The van der Waals surface area contributed by atoms with Gasteiger partial charge in [-0.2, -0.15) is 0 Å². The van der Waals surface area contributed by atoms with Gasteiger partial charge in [-0.3, -0.25) is 9.59 Å². The number of benzene rings is 1. The van der Waals surface area contributed by atoms with Crippen molar-refractivity contribution < 1.29 is 24.2 Å². The molecule has 1 N–H and O–H groups in total. The maximum absolute atomic E-state index is 13.3. The van der Waals surface area contributed by atoms with Crippen molar-refractivity contribution in [3.63, 3.8) is 0 Å². The zero-order valence-electron chi connectivity index (χ0n) is 15.1. The van der Waals surface area contributed by atoms with Gasteiger partial charge in [-0.15, -0.1) is 0 Å². The fraction of sp³-hybridized carbons (Fsp3) is 0.500. The van der Waals surface area contributed by atoms with Gasteiger partial charge < -0.3 is 19.5 Å². The van der Waals surface area contributed by atoms with E-state index in [9.17, 15) is 14.7 Å². The van der Waals surface area contributed by atoms with E-state index < -0.39 is 17.3 Å². The minimum absolute atomic E-state index is 0.0555. The molecule has 2 aliphatic heterocycles. The summed E-state index contributed by atoms with van der Waals surface area (Å²) in [5.41, 5.74) is 1.95. The first-order valence-electron chi connectivity index (χ1n) is 9.04. The maximum Gasteiger partial charge on any atom is 0.307 e. The minimum Gasteiger partial charge on any atom is -0.493 e. The van der Waals surface area contributed by atoms with Gasteiger partial charge in [0.05, 0.1) is 25.6 Å². The number of hydrogen-bond acceptors (Lipinski definition) is 4. The molecular weight excluding hydrogens is 334 g/mol. The maximum atomic E-state index is 13.3. The van der Waals surface area contributed by atoms with Crippen molar-refractivity contribution in [2.75, 3.05) is 20.8 Å². The van der Waals surface area contributed by atoms with Gasteiger partial charge in [0, 0.05) is 17.8 Å². The third-order valence-electron chi connectivity index (χ3n) is 6.07. The minimum atomic E-state index is -0.909. The number of aliphatic carboxylic acids is 1. The molecule has 26 heavy (non-hydrogen) atoms. The van der Waals surface area contributed by atoms with Gasteiger partial charge in [0.2, 0.25) is 5.91 Å². The van der Waals surface area contributed by atoms with Crippen LogP contribution >= 0.6 is 0 Å². The van der Waals surface area contributed by atoms with E-state index in [1.165, 1.54) is 0 Å². The van der Waals surface area contributed by atoms with E-state index in [0.29, 0.717) is 37.3 Å². The van der Waals surface area contributed by atoms with Crippen LogP contribution in [0.3, 0.4) is 0 Å². The highest BCUT2D eigenvalue weighted by Gasteiger charge is 2.55. The van der Waals surface area contributed by atoms with Crippen molar-refractivity contribution in [3.8, 4) is 11.5 Å². The van der Waals surface area contributed by atoms with Crippen molar-refractivity contribution in [3.05, 3.63) is 29.3 Å². The van der Waals surface area contributed by atoms with Gasteiger partial charge in [0.25, 0.3) is 0 Å². The van der Waals surface area contributed by atoms with Crippen LogP contribution in [-0.2, 0) is 16.0 Å². The van der Waals surface area contributed by atoms with Gasteiger partial charge in [-0.05, 0) is 43.0 Å². The molecule has 0 aromatic heterocycles. The Balaban J connectivity index is 1.85. The predicted molar refractivity (Wildman–Crippen MR) is 95.0 cm³/mol. The number of ether oxygens (including phenoxy) is 2. The number of carbonyl (C=O) groups is 2. The van der Waals surface area contributed by atoms with Gasteiger partial charge in [-0.1, -0.05) is 12.8 Å². The standard InChI is InChI=1S/C20H23NO5/c1-25-16-9-12-6-8-21-15(13(12)10-17(16)26-2)11-20(19(21)24)7-4-3-5-14(20)18(22)23/h9-11,14H,3-8H2,1-2H3,(H,22,23)/t14-,20-/m0/s1. The number of hydrogen-bond donors (Lipinski definition) is 1. The van der Waals surface area contributed by atoms with E-state index in [-0.39, 0.29) is 5.91 Å². The zero-order chi connectivity index (χ0) is 18.5. The summed E-state index contributed by atoms with van der Waals surface area (Å²) >= 11 is 0. The summed E-state index contributed by atoms with van der Waals surface area (Å²) in [4.78, 5) is 26.9. The lowest BCUT2D eigenvalue weighted by atomic mass is 9.66. The Labute approximate surface area is 152 Å². The largest absolute Gasteiger partial charge is 0.493 e. The van der Waals surface area contributed by atoms with Gasteiger partial charge in [-0.25, -0.2) is 0 Å². The molecule has 1 aromatic rings. The van der Waals surface area contributed by atoms with E-state index in [4.69, 9.17) is 9.47 Å². The van der Waals surface area contributed by atoms with Crippen LogP contribution in [0.4, 0.5) is 0 Å². The number of nitrogens with zero attached hydrogens (tertiary/aromatic N) is 1. The summed E-state index contributed by atoms with van der Waals surface area (Å²) in [7, 11) is 3.19. The summed E-state index contributed by atoms with van der Waals surface area (Å²) in [6.07, 6.45) is 5.54. The third-order valence-corrected chi connectivity index (χ3v) is 6.07. The van der Waals surface area contributed by atoms with E-state index in [1.807, 2.05) is 18.2 Å². The first-order chi connectivity index (χ1) is 12.5. The molecule has 1 saturated carbocycles. The normalized spacial score (nSPS) is 27.0. The van der Waals surface area contributed by atoms with Crippen molar-refractivity contribution in [1.29, 1.82) is 0 Å². The van der Waals surface area contributed by atoms with Crippen molar-refractivity contribution in [2.24, 2.45) is 11.3 Å². The molecule has 3 aliphatic rings. The Hall–Kier alpha value is -2.50. The molecule has 1 aliphatic carbocycles. The Morgan fingerprint density at radius 2 is 1.96 bits per heavy atom. The molecule has 0 bridgehead atoms. The Kier molecular flexibility index (Phi) is 3.93. The number of carboxylic acid groups (broad SMARTS) is 1. The molecule has 4 rings (SSSR count). The van der Waals surface area contributed by atoms with Gasteiger partial charge in [0.15, 0.2) is 11.5 Å². The fourth-order valence-electron chi connectivity index (χ4n) is 4.76. The quantitative estimate of drug-likeness (QED) is 0.900. The molecule has 1 amide bonds. The smallest absolute Gasteiger partial charge is 0.307 e. The van der Waals surface area contributed by atoms with E-state index >= 15 is 0 Å². The lowest BCUT2D eigenvalue weighted by Gasteiger charge is -2.37. The molecule has 0 radical (unpaired) electrons. The molecule has 1 aromatic carbocycles. The summed E-state index contributed by atoms with van der Waals surface area (Å²) in [6.45, 7) is 0.571. The van der Waals surface area contributed by atoms with Crippen molar-refractivity contribution >= 4 is 17.6 Å². The van der Waals surface area contributed by atoms with Gasteiger partial charge >= 0.3 is 5.97 Å². The van der Waals surface area contributed by atoms with Crippen LogP contribution in [0.5, 0.6) is 11.5 Å². The molecule has 2 heterocycles. The average Bonchev–Trinajstić information content (AvgIpc) is 2.93. The Morgan fingerprint density at radius 1 is 1.23 bits per heavy atom.